The summed E-state index contributed by atoms with van der Waals surface area (Å²) < 4.78 is 5.88. The first-order chi connectivity index (χ1) is 9.47. The predicted octanol–water partition coefficient (Wildman–Crippen LogP) is 4.91. The Balaban J connectivity index is 2.06. The molecule has 1 aliphatic heterocycles. The van der Waals surface area contributed by atoms with Crippen molar-refractivity contribution in [3.63, 3.8) is 0 Å². The molecular weight excluding hydrogens is 246 g/mol. The zero-order valence-corrected chi connectivity index (χ0v) is 13.6. The molecule has 1 fully saturated rings. The molecule has 2 heteroatoms. The summed E-state index contributed by atoms with van der Waals surface area (Å²) in [6.07, 6.45) is 3.16. The van der Waals surface area contributed by atoms with E-state index in [0.29, 0.717) is 24.0 Å². The van der Waals surface area contributed by atoms with Gasteiger partial charge in [0.25, 0.3) is 0 Å². The number of hydrogen-bond donors (Lipinski definition) is 1. The predicted molar refractivity (Wildman–Crippen MR) is 86.7 cm³/mol. The van der Waals surface area contributed by atoms with Gasteiger partial charge in [0, 0.05) is 12.2 Å². The third-order valence-corrected chi connectivity index (χ3v) is 4.20. The molecule has 2 unspecified atom stereocenters. The monoisotopic (exact) mass is 275 g/mol. The van der Waals surface area contributed by atoms with Crippen molar-refractivity contribution in [1.82, 2.24) is 0 Å². The van der Waals surface area contributed by atoms with E-state index in [-0.39, 0.29) is 0 Å². The van der Waals surface area contributed by atoms with Crippen LogP contribution in [-0.2, 0) is 4.74 Å². The first-order valence-electron chi connectivity index (χ1n) is 8.00. The molecule has 0 aliphatic carbocycles. The summed E-state index contributed by atoms with van der Waals surface area (Å²) in [4.78, 5) is 0. The van der Waals surface area contributed by atoms with Crippen LogP contribution in [0.3, 0.4) is 0 Å². The van der Waals surface area contributed by atoms with Gasteiger partial charge in [-0.15, -0.1) is 0 Å². The van der Waals surface area contributed by atoms with Gasteiger partial charge in [-0.25, -0.2) is 0 Å². The molecule has 1 heterocycles. The van der Waals surface area contributed by atoms with Crippen molar-refractivity contribution in [2.45, 2.75) is 71.5 Å². The van der Waals surface area contributed by atoms with E-state index >= 15 is 0 Å². The molecule has 1 N–H and O–H groups in total. The van der Waals surface area contributed by atoms with Crippen LogP contribution in [0.15, 0.2) is 18.2 Å². The van der Waals surface area contributed by atoms with Crippen molar-refractivity contribution in [3.05, 3.63) is 29.3 Å². The Kier molecular flexibility index (Phi) is 5.09. The second-order valence-corrected chi connectivity index (χ2v) is 6.68. The van der Waals surface area contributed by atoms with Crippen LogP contribution in [0, 0.1) is 0 Å². The Morgan fingerprint density at radius 1 is 1.15 bits per heavy atom. The van der Waals surface area contributed by atoms with E-state index in [0.717, 1.165) is 6.54 Å². The number of rotatable bonds is 5. The van der Waals surface area contributed by atoms with Crippen LogP contribution < -0.4 is 5.32 Å². The lowest BCUT2D eigenvalue weighted by Crippen LogP contribution is -2.20. The minimum Gasteiger partial charge on any atom is -0.382 e. The number of anilines is 1. The van der Waals surface area contributed by atoms with Crippen molar-refractivity contribution in [3.8, 4) is 0 Å². The molecule has 0 aromatic heterocycles. The number of benzene rings is 1. The second-order valence-electron chi connectivity index (χ2n) is 6.68. The standard InChI is InChI=1S/C18H29NO/c1-12(2)15-7-9-18(17(10-15)13(3)4)19-11-16-8-6-14(5)20-16/h7,9-10,12-14,16,19H,6,8,11H2,1-5H3. The van der Waals surface area contributed by atoms with E-state index in [2.05, 4.69) is 58.1 Å². The van der Waals surface area contributed by atoms with Gasteiger partial charge in [0.2, 0.25) is 0 Å². The fourth-order valence-electron chi connectivity index (χ4n) is 2.84. The average Bonchev–Trinajstić information content (AvgIpc) is 2.81. The van der Waals surface area contributed by atoms with Crippen LogP contribution in [-0.4, -0.2) is 18.8 Å². The van der Waals surface area contributed by atoms with Crippen molar-refractivity contribution in [2.75, 3.05) is 11.9 Å². The van der Waals surface area contributed by atoms with Gasteiger partial charge < -0.3 is 10.1 Å². The smallest absolute Gasteiger partial charge is 0.0751 e. The van der Waals surface area contributed by atoms with E-state index in [9.17, 15) is 0 Å². The summed E-state index contributed by atoms with van der Waals surface area (Å²) in [5.74, 6) is 1.13. The summed E-state index contributed by atoms with van der Waals surface area (Å²) in [6, 6.07) is 6.84. The molecule has 0 saturated carbocycles. The molecule has 1 aromatic carbocycles. The SMILES string of the molecule is CC1CCC(CNc2ccc(C(C)C)cc2C(C)C)O1. The van der Waals surface area contributed by atoms with Crippen molar-refractivity contribution in [2.24, 2.45) is 0 Å². The first kappa shape index (κ1) is 15.4. The zero-order valence-electron chi connectivity index (χ0n) is 13.6. The number of hydrogen-bond acceptors (Lipinski definition) is 2. The van der Waals surface area contributed by atoms with Crippen molar-refractivity contribution < 1.29 is 4.74 Å². The molecule has 1 aliphatic rings. The van der Waals surface area contributed by atoms with Gasteiger partial charge in [-0.2, -0.15) is 0 Å². The third kappa shape index (κ3) is 3.76. The van der Waals surface area contributed by atoms with Gasteiger partial charge in [-0.05, 0) is 48.8 Å². The average molecular weight is 275 g/mol. The molecule has 0 radical (unpaired) electrons. The molecule has 0 amide bonds. The highest BCUT2D eigenvalue weighted by molar-refractivity contribution is 5.54. The van der Waals surface area contributed by atoms with Gasteiger partial charge in [0.05, 0.1) is 12.2 Å². The molecule has 2 atom stereocenters. The van der Waals surface area contributed by atoms with E-state index in [1.54, 1.807) is 0 Å². The molecule has 0 spiro atoms. The summed E-state index contributed by atoms with van der Waals surface area (Å²) in [6.45, 7) is 12.1. The lowest BCUT2D eigenvalue weighted by Gasteiger charge is -2.19. The highest BCUT2D eigenvalue weighted by Crippen LogP contribution is 2.29. The van der Waals surface area contributed by atoms with Crippen molar-refractivity contribution in [1.29, 1.82) is 0 Å². The van der Waals surface area contributed by atoms with E-state index in [1.165, 1.54) is 29.7 Å². The van der Waals surface area contributed by atoms with Gasteiger partial charge in [0.15, 0.2) is 0 Å². The first-order valence-corrected chi connectivity index (χ1v) is 8.00. The Labute approximate surface area is 123 Å². The highest BCUT2D eigenvalue weighted by atomic mass is 16.5. The molecule has 0 bridgehead atoms. The van der Waals surface area contributed by atoms with Gasteiger partial charge >= 0.3 is 0 Å². The van der Waals surface area contributed by atoms with Crippen LogP contribution in [0.4, 0.5) is 5.69 Å². The topological polar surface area (TPSA) is 21.3 Å². The van der Waals surface area contributed by atoms with E-state index < -0.39 is 0 Å². The maximum atomic E-state index is 5.88. The molecule has 112 valence electrons. The Morgan fingerprint density at radius 2 is 1.90 bits per heavy atom. The molecule has 1 saturated heterocycles. The highest BCUT2D eigenvalue weighted by Gasteiger charge is 2.21. The maximum absolute atomic E-state index is 5.88. The molecule has 2 nitrogen and oxygen atoms in total. The molecule has 1 aromatic rings. The van der Waals surface area contributed by atoms with Crippen LogP contribution in [0.5, 0.6) is 0 Å². The van der Waals surface area contributed by atoms with Gasteiger partial charge in [0.1, 0.15) is 0 Å². The van der Waals surface area contributed by atoms with Crippen LogP contribution >= 0.6 is 0 Å². The second kappa shape index (κ2) is 6.62. The largest absolute Gasteiger partial charge is 0.382 e. The van der Waals surface area contributed by atoms with Crippen LogP contribution in [0.1, 0.15) is 70.4 Å². The minimum atomic E-state index is 0.370. The summed E-state index contributed by atoms with van der Waals surface area (Å²) in [7, 11) is 0. The lowest BCUT2D eigenvalue weighted by molar-refractivity contribution is 0.0637. The summed E-state index contributed by atoms with van der Waals surface area (Å²) in [5, 5.41) is 3.60. The Hall–Kier alpha value is -1.02. The lowest BCUT2D eigenvalue weighted by atomic mass is 9.94. The van der Waals surface area contributed by atoms with Crippen LogP contribution in [0.2, 0.25) is 0 Å². The Bertz CT molecular complexity index is 439. The third-order valence-electron chi connectivity index (χ3n) is 4.20. The normalized spacial score (nSPS) is 22.8. The van der Waals surface area contributed by atoms with E-state index in [4.69, 9.17) is 4.74 Å². The van der Waals surface area contributed by atoms with E-state index in [1.807, 2.05) is 0 Å². The zero-order chi connectivity index (χ0) is 14.7. The van der Waals surface area contributed by atoms with Crippen molar-refractivity contribution >= 4 is 5.69 Å². The number of nitrogens with one attached hydrogen (secondary N) is 1. The van der Waals surface area contributed by atoms with Gasteiger partial charge in [-0.3, -0.25) is 0 Å². The fourth-order valence-corrected chi connectivity index (χ4v) is 2.84. The van der Waals surface area contributed by atoms with Crippen LogP contribution in [0.25, 0.3) is 0 Å². The molecule has 2 rings (SSSR count). The molecular formula is C18H29NO. The minimum absolute atomic E-state index is 0.370. The maximum Gasteiger partial charge on any atom is 0.0751 e. The Morgan fingerprint density at radius 3 is 2.45 bits per heavy atom. The summed E-state index contributed by atoms with van der Waals surface area (Å²) in [5.41, 5.74) is 4.11. The van der Waals surface area contributed by atoms with Gasteiger partial charge in [-0.1, -0.05) is 39.8 Å². The molecule has 20 heavy (non-hydrogen) atoms. The number of ether oxygens (including phenoxy) is 1. The summed E-state index contributed by atoms with van der Waals surface area (Å²) >= 11 is 0. The quantitative estimate of drug-likeness (QED) is 0.824. The fraction of sp³-hybridized carbons (Fsp3) is 0.667.